The van der Waals surface area contributed by atoms with E-state index in [9.17, 15) is 4.79 Å². The highest BCUT2D eigenvalue weighted by atomic mass is 16.5. The van der Waals surface area contributed by atoms with E-state index in [2.05, 4.69) is 22.3 Å². The predicted molar refractivity (Wildman–Crippen MR) is 79.5 cm³/mol. The van der Waals surface area contributed by atoms with Gasteiger partial charge in [-0.2, -0.15) is 0 Å². The third kappa shape index (κ3) is 3.19. The van der Waals surface area contributed by atoms with Gasteiger partial charge in [-0.1, -0.05) is 0 Å². The second-order valence-corrected chi connectivity index (χ2v) is 5.53. The van der Waals surface area contributed by atoms with E-state index in [4.69, 9.17) is 4.74 Å². The van der Waals surface area contributed by atoms with Crippen molar-refractivity contribution >= 4 is 11.5 Å². The van der Waals surface area contributed by atoms with Gasteiger partial charge in [0.15, 0.2) is 5.78 Å². The van der Waals surface area contributed by atoms with Gasteiger partial charge in [0.25, 0.3) is 0 Å². The highest BCUT2D eigenvalue weighted by molar-refractivity contribution is 5.96. The van der Waals surface area contributed by atoms with Crippen LogP contribution in [0.2, 0.25) is 0 Å². The SMILES string of the molecule is O=C(CCN1CCOCC1)c1ccc2c(c1)CCCN2. The Bertz CT molecular complexity index is 481. The third-order valence-electron chi connectivity index (χ3n) is 4.12. The van der Waals surface area contributed by atoms with E-state index < -0.39 is 0 Å². The highest BCUT2D eigenvalue weighted by Crippen LogP contribution is 2.23. The molecule has 0 radical (unpaired) electrons. The van der Waals surface area contributed by atoms with Crippen molar-refractivity contribution in [3.63, 3.8) is 0 Å². The number of rotatable bonds is 4. The van der Waals surface area contributed by atoms with Crippen LogP contribution in [-0.2, 0) is 11.2 Å². The molecule has 1 aromatic carbocycles. The number of ketones is 1. The van der Waals surface area contributed by atoms with Gasteiger partial charge in [0.05, 0.1) is 13.2 Å². The van der Waals surface area contributed by atoms with Crippen molar-refractivity contribution in [3.8, 4) is 0 Å². The Labute approximate surface area is 120 Å². The molecule has 4 nitrogen and oxygen atoms in total. The number of aryl methyl sites for hydroxylation is 1. The lowest BCUT2D eigenvalue weighted by Crippen LogP contribution is -2.37. The number of morpholine rings is 1. The van der Waals surface area contributed by atoms with E-state index in [1.807, 2.05) is 6.07 Å². The lowest BCUT2D eigenvalue weighted by atomic mass is 9.98. The van der Waals surface area contributed by atoms with Gasteiger partial charge in [-0.05, 0) is 36.6 Å². The molecule has 1 fully saturated rings. The normalized spacial score (nSPS) is 19.2. The average Bonchev–Trinajstić information content (AvgIpc) is 2.53. The molecule has 0 atom stereocenters. The highest BCUT2D eigenvalue weighted by Gasteiger charge is 2.15. The summed E-state index contributed by atoms with van der Waals surface area (Å²) in [5.41, 5.74) is 3.34. The number of ether oxygens (including phenoxy) is 1. The second-order valence-electron chi connectivity index (χ2n) is 5.53. The van der Waals surface area contributed by atoms with E-state index in [1.54, 1.807) is 0 Å². The quantitative estimate of drug-likeness (QED) is 0.852. The molecule has 0 saturated carbocycles. The smallest absolute Gasteiger partial charge is 0.164 e. The Kier molecular flexibility index (Phi) is 4.33. The first-order chi connectivity index (χ1) is 9.83. The van der Waals surface area contributed by atoms with Gasteiger partial charge < -0.3 is 10.1 Å². The number of nitrogens with one attached hydrogen (secondary N) is 1. The Hall–Kier alpha value is -1.39. The van der Waals surface area contributed by atoms with Crippen LogP contribution in [-0.4, -0.2) is 50.1 Å². The summed E-state index contributed by atoms with van der Waals surface area (Å²) in [5, 5.41) is 3.38. The molecule has 1 N–H and O–H groups in total. The fourth-order valence-corrected chi connectivity index (χ4v) is 2.88. The minimum atomic E-state index is 0.255. The molecule has 2 aliphatic heterocycles. The number of carbonyl (C=O) groups is 1. The van der Waals surface area contributed by atoms with E-state index >= 15 is 0 Å². The van der Waals surface area contributed by atoms with Gasteiger partial charge in [0, 0.05) is 43.9 Å². The minimum Gasteiger partial charge on any atom is -0.385 e. The maximum atomic E-state index is 12.3. The number of hydrogen-bond donors (Lipinski definition) is 1. The summed E-state index contributed by atoms with van der Waals surface area (Å²) in [5.74, 6) is 0.255. The topological polar surface area (TPSA) is 41.6 Å². The van der Waals surface area contributed by atoms with Crippen LogP contribution in [0.3, 0.4) is 0 Å². The van der Waals surface area contributed by atoms with Gasteiger partial charge in [-0.25, -0.2) is 0 Å². The van der Waals surface area contributed by atoms with E-state index in [-0.39, 0.29) is 5.78 Å². The van der Waals surface area contributed by atoms with Crippen LogP contribution < -0.4 is 5.32 Å². The summed E-state index contributed by atoms with van der Waals surface area (Å²) < 4.78 is 5.32. The van der Waals surface area contributed by atoms with Crippen molar-refractivity contribution < 1.29 is 9.53 Å². The minimum absolute atomic E-state index is 0.255. The fraction of sp³-hybridized carbons (Fsp3) is 0.562. The molecule has 3 rings (SSSR count). The van der Waals surface area contributed by atoms with Crippen molar-refractivity contribution in [1.82, 2.24) is 4.90 Å². The summed E-state index contributed by atoms with van der Waals surface area (Å²) in [6.07, 6.45) is 2.83. The van der Waals surface area contributed by atoms with Crippen LogP contribution in [0.25, 0.3) is 0 Å². The Morgan fingerprint density at radius 1 is 1.30 bits per heavy atom. The summed E-state index contributed by atoms with van der Waals surface area (Å²) in [6, 6.07) is 6.08. The van der Waals surface area contributed by atoms with E-state index in [1.165, 1.54) is 11.3 Å². The van der Waals surface area contributed by atoms with Crippen molar-refractivity contribution in [2.45, 2.75) is 19.3 Å². The largest absolute Gasteiger partial charge is 0.385 e. The Balaban J connectivity index is 1.59. The Morgan fingerprint density at radius 3 is 3.00 bits per heavy atom. The summed E-state index contributed by atoms with van der Waals surface area (Å²) in [7, 11) is 0. The van der Waals surface area contributed by atoms with Crippen LogP contribution in [0, 0.1) is 0 Å². The monoisotopic (exact) mass is 274 g/mol. The molecular formula is C16H22N2O2. The zero-order valence-electron chi connectivity index (χ0n) is 11.9. The molecule has 0 spiro atoms. The third-order valence-corrected chi connectivity index (χ3v) is 4.12. The predicted octanol–water partition coefficient (Wildman–Crippen LogP) is 1.95. The van der Waals surface area contributed by atoms with Gasteiger partial charge in [-0.3, -0.25) is 9.69 Å². The summed E-state index contributed by atoms with van der Waals surface area (Å²) in [4.78, 5) is 14.6. The molecule has 0 amide bonds. The molecule has 1 aromatic rings. The molecule has 0 unspecified atom stereocenters. The molecule has 108 valence electrons. The number of Topliss-reactive ketones (excluding diaryl/α,β-unsaturated/α-hetero) is 1. The molecule has 2 heterocycles. The summed E-state index contributed by atoms with van der Waals surface area (Å²) >= 11 is 0. The van der Waals surface area contributed by atoms with Crippen LogP contribution in [0.5, 0.6) is 0 Å². The number of fused-ring (bicyclic) bond motifs is 1. The zero-order chi connectivity index (χ0) is 13.8. The second kappa shape index (κ2) is 6.37. The van der Waals surface area contributed by atoms with Gasteiger partial charge >= 0.3 is 0 Å². The first-order valence-electron chi connectivity index (χ1n) is 7.53. The van der Waals surface area contributed by atoms with Crippen LogP contribution in [0.4, 0.5) is 5.69 Å². The van der Waals surface area contributed by atoms with Crippen LogP contribution >= 0.6 is 0 Å². The molecule has 2 aliphatic rings. The molecule has 0 bridgehead atoms. The van der Waals surface area contributed by atoms with Crippen LogP contribution in [0.15, 0.2) is 18.2 Å². The first kappa shape index (κ1) is 13.6. The number of anilines is 1. The van der Waals surface area contributed by atoms with Gasteiger partial charge in [0.2, 0.25) is 0 Å². The van der Waals surface area contributed by atoms with E-state index in [0.717, 1.165) is 57.8 Å². The summed E-state index contributed by atoms with van der Waals surface area (Å²) in [6.45, 7) is 5.36. The zero-order valence-corrected chi connectivity index (χ0v) is 11.9. The van der Waals surface area contributed by atoms with Gasteiger partial charge in [-0.15, -0.1) is 0 Å². The molecule has 0 aliphatic carbocycles. The molecule has 4 heteroatoms. The maximum absolute atomic E-state index is 12.3. The molecule has 1 saturated heterocycles. The van der Waals surface area contributed by atoms with Crippen molar-refractivity contribution in [3.05, 3.63) is 29.3 Å². The van der Waals surface area contributed by atoms with Gasteiger partial charge in [0.1, 0.15) is 0 Å². The average molecular weight is 274 g/mol. The van der Waals surface area contributed by atoms with Crippen LogP contribution in [0.1, 0.15) is 28.8 Å². The van der Waals surface area contributed by atoms with E-state index in [0.29, 0.717) is 6.42 Å². The lowest BCUT2D eigenvalue weighted by Gasteiger charge is -2.26. The number of carbonyl (C=O) groups excluding carboxylic acids is 1. The number of benzene rings is 1. The standard InChI is InChI=1S/C16H22N2O2/c19-16(5-7-18-8-10-20-11-9-18)14-3-4-15-13(12-14)2-1-6-17-15/h3-4,12,17H,1-2,5-11H2. The number of hydrogen-bond acceptors (Lipinski definition) is 4. The first-order valence-corrected chi connectivity index (χ1v) is 7.53. The lowest BCUT2D eigenvalue weighted by molar-refractivity contribution is 0.0370. The molecule has 0 aromatic heterocycles. The molecular weight excluding hydrogens is 252 g/mol. The number of nitrogens with zero attached hydrogens (tertiary/aromatic N) is 1. The van der Waals surface area contributed by atoms with Crippen molar-refractivity contribution in [2.24, 2.45) is 0 Å². The fourth-order valence-electron chi connectivity index (χ4n) is 2.88. The van der Waals surface area contributed by atoms with Crippen molar-refractivity contribution in [1.29, 1.82) is 0 Å². The Morgan fingerprint density at radius 2 is 2.15 bits per heavy atom. The van der Waals surface area contributed by atoms with Crippen molar-refractivity contribution in [2.75, 3.05) is 44.7 Å². The molecule has 20 heavy (non-hydrogen) atoms. The maximum Gasteiger partial charge on any atom is 0.164 e.